The van der Waals surface area contributed by atoms with E-state index in [1.165, 1.54) is 21.1 Å². The lowest BCUT2D eigenvalue weighted by Gasteiger charge is -2.35. The summed E-state index contributed by atoms with van der Waals surface area (Å²) in [6, 6.07) is 13.9. The molecule has 0 bridgehead atoms. The van der Waals surface area contributed by atoms with Gasteiger partial charge in [-0.25, -0.2) is 9.78 Å². The number of aliphatic carboxylic acids is 1. The zero-order valence-corrected chi connectivity index (χ0v) is 22.4. The molecule has 204 valence electrons. The molecular weight excluding hydrogens is 520 g/mol. The van der Waals surface area contributed by atoms with Crippen molar-refractivity contribution >= 4 is 35.2 Å². The molecular formula is C28H30N4O6S. The van der Waals surface area contributed by atoms with Crippen LogP contribution in [0.4, 0.5) is 4.79 Å². The standard InChI is InChI=1S/C28H30N4O6S/c1-2-38-28(37)32-13-11-31(12-14-32)27(36)22(8-9-25(33)34)30-26(35)24-17-21(20-10-15-39-18-20)16-23(29-24)19-6-4-3-5-7-19/h3-7,10,15-18,22H,2,8-9,11-14H2,1H3,(H,30,35)(H,33,34). The number of carbonyl (C=O) groups excluding carboxylic acids is 3. The highest BCUT2D eigenvalue weighted by atomic mass is 32.1. The number of ether oxygens (including phenoxy) is 1. The molecule has 1 aliphatic heterocycles. The molecule has 3 heterocycles. The van der Waals surface area contributed by atoms with Gasteiger partial charge in [-0.05, 0) is 53.4 Å². The van der Waals surface area contributed by atoms with Crippen molar-refractivity contribution in [2.45, 2.75) is 25.8 Å². The second-order valence-electron chi connectivity index (χ2n) is 8.97. The Kier molecular flexibility index (Phi) is 9.27. The van der Waals surface area contributed by atoms with Gasteiger partial charge in [-0.1, -0.05) is 30.3 Å². The quantitative estimate of drug-likeness (QED) is 0.415. The summed E-state index contributed by atoms with van der Waals surface area (Å²) in [6.45, 7) is 3.06. The maximum atomic E-state index is 13.4. The van der Waals surface area contributed by atoms with Gasteiger partial charge in [0.25, 0.3) is 5.91 Å². The Morgan fingerprint density at radius 2 is 1.72 bits per heavy atom. The summed E-state index contributed by atoms with van der Waals surface area (Å²) in [5.41, 5.74) is 3.30. The van der Waals surface area contributed by atoms with Gasteiger partial charge in [0.1, 0.15) is 11.7 Å². The number of nitrogens with one attached hydrogen (secondary N) is 1. The van der Waals surface area contributed by atoms with E-state index >= 15 is 0 Å². The number of piperazine rings is 1. The predicted molar refractivity (Wildman–Crippen MR) is 146 cm³/mol. The van der Waals surface area contributed by atoms with Crippen LogP contribution in [0.5, 0.6) is 0 Å². The van der Waals surface area contributed by atoms with Crippen LogP contribution >= 0.6 is 11.3 Å². The van der Waals surface area contributed by atoms with Crippen molar-refractivity contribution in [3.8, 4) is 22.4 Å². The van der Waals surface area contributed by atoms with Crippen LogP contribution < -0.4 is 5.32 Å². The lowest BCUT2D eigenvalue weighted by molar-refractivity contribution is -0.138. The zero-order valence-electron chi connectivity index (χ0n) is 21.5. The highest BCUT2D eigenvalue weighted by Gasteiger charge is 2.31. The average Bonchev–Trinajstić information content (AvgIpc) is 3.50. The van der Waals surface area contributed by atoms with Crippen LogP contribution in [0.3, 0.4) is 0 Å². The third-order valence-corrected chi connectivity index (χ3v) is 7.03. The van der Waals surface area contributed by atoms with E-state index in [1.54, 1.807) is 13.0 Å². The molecule has 3 aromatic rings. The van der Waals surface area contributed by atoms with Crippen molar-refractivity contribution in [1.29, 1.82) is 0 Å². The molecule has 2 aromatic heterocycles. The van der Waals surface area contributed by atoms with Gasteiger partial charge in [-0.3, -0.25) is 14.4 Å². The Morgan fingerprint density at radius 3 is 2.36 bits per heavy atom. The Morgan fingerprint density at radius 1 is 1.00 bits per heavy atom. The Bertz CT molecular complexity index is 1310. The van der Waals surface area contributed by atoms with E-state index in [4.69, 9.17) is 4.74 Å². The molecule has 39 heavy (non-hydrogen) atoms. The van der Waals surface area contributed by atoms with E-state index in [0.717, 1.165) is 16.7 Å². The van der Waals surface area contributed by atoms with Gasteiger partial charge < -0.3 is 25.0 Å². The van der Waals surface area contributed by atoms with Crippen LogP contribution in [0.25, 0.3) is 22.4 Å². The first-order chi connectivity index (χ1) is 18.9. The van der Waals surface area contributed by atoms with Crippen molar-refractivity contribution in [2.24, 2.45) is 0 Å². The van der Waals surface area contributed by atoms with E-state index in [0.29, 0.717) is 5.69 Å². The van der Waals surface area contributed by atoms with E-state index < -0.39 is 29.9 Å². The molecule has 0 spiro atoms. The molecule has 0 aliphatic carbocycles. The fourth-order valence-electron chi connectivity index (χ4n) is 4.30. The van der Waals surface area contributed by atoms with E-state index in [9.17, 15) is 24.3 Å². The molecule has 0 radical (unpaired) electrons. The molecule has 1 aliphatic rings. The number of thiophene rings is 1. The van der Waals surface area contributed by atoms with E-state index in [1.807, 2.05) is 53.2 Å². The topological polar surface area (TPSA) is 129 Å². The minimum absolute atomic E-state index is 0.0756. The molecule has 1 unspecified atom stereocenters. The molecule has 1 aromatic carbocycles. The summed E-state index contributed by atoms with van der Waals surface area (Å²) in [6.07, 6.45) is -0.809. The summed E-state index contributed by atoms with van der Waals surface area (Å²) in [5.74, 6) is -2.04. The number of hydrogen-bond donors (Lipinski definition) is 2. The van der Waals surface area contributed by atoms with E-state index in [2.05, 4.69) is 10.3 Å². The third-order valence-electron chi connectivity index (χ3n) is 6.35. The van der Waals surface area contributed by atoms with Gasteiger partial charge in [-0.2, -0.15) is 11.3 Å². The first kappa shape index (κ1) is 27.8. The Labute approximate surface area is 230 Å². The largest absolute Gasteiger partial charge is 0.481 e. The summed E-state index contributed by atoms with van der Waals surface area (Å²) >= 11 is 1.54. The van der Waals surface area contributed by atoms with Gasteiger partial charge in [0, 0.05) is 38.2 Å². The molecule has 0 saturated carbocycles. The Hall–Kier alpha value is -4.25. The normalized spacial score (nSPS) is 14.0. The number of rotatable bonds is 9. The lowest BCUT2D eigenvalue weighted by Crippen LogP contribution is -2.56. The maximum absolute atomic E-state index is 13.4. The maximum Gasteiger partial charge on any atom is 0.409 e. The van der Waals surface area contributed by atoms with Gasteiger partial charge in [0.05, 0.1) is 12.3 Å². The van der Waals surface area contributed by atoms with Crippen molar-refractivity contribution in [2.75, 3.05) is 32.8 Å². The van der Waals surface area contributed by atoms with Gasteiger partial charge >= 0.3 is 12.1 Å². The third kappa shape index (κ3) is 7.20. The highest BCUT2D eigenvalue weighted by molar-refractivity contribution is 7.08. The van der Waals surface area contributed by atoms with Crippen LogP contribution in [0.15, 0.2) is 59.3 Å². The SMILES string of the molecule is CCOC(=O)N1CCN(C(=O)C(CCC(=O)O)NC(=O)c2cc(-c3ccsc3)cc(-c3ccccc3)n2)CC1. The van der Waals surface area contributed by atoms with Gasteiger partial charge in [-0.15, -0.1) is 0 Å². The number of pyridine rings is 1. The van der Waals surface area contributed by atoms with Crippen LogP contribution in [0.1, 0.15) is 30.3 Å². The fraction of sp³-hybridized carbons (Fsp3) is 0.321. The highest BCUT2D eigenvalue weighted by Crippen LogP contribution is 2.27. The fourth-order valence-corrected chi connectivity index (χ4v) is 4.97. The number of nitrogens with zero attached hydrogens (tertiary/aromatic N) is 3. The zero-order chi connectivity index (χ0) is 27.8. The monoisotopic (exact) mass is 550 g/mol. The number of benzene rings is 1. The first-order valence-electron chi connectivity index (χ1n) is 12.7. The average molecular weight is 551 g/mol. The summed E-state index contributed by atoms with van der Waals surface area (Å²) in [5, 5.41) is 15.9. The molecule has 1 saturated heterocycles. The van der Waals surface area contributed by atoms with Gasteiger partial charge in [0.15, 0.2) is 0 Å². The van der Waals surface area contributed by atoms with Crippen molar-refractivity contribution < 1.29 is 29.0 Å². The summed E-state index contributed by atoms with van der Waals surface area (Å²) < 4.78 is 5.02. The molecule has 1 fully saturated rings. The molecule has 11 heteroatoms. The van der Waals surface area contributed by atoms with Crippen LogP contribution in [-0.2, 0) is 14.3 Å². The number of carboxylic acid groups (broad SMARTS) is 1. The predicted octanol–water partition coefficient (Wildman–Crippen LogP) is 3.74. The molecule has 1 atom stereocenters. The lowest BCUT2D eigenvalue weighted by atomic mass is 10.0. The molecule has 3 amide bonds. The number of hydrogen-bond acceptors (Lipinski definition) is 7. The van der Waals surface area contributed by atoms with Crippen LogP contribution in [0.2, 0.25) is 0 Å². The summed E-state index contributed by atoms with van der Waals surface area (Å²) in [7, 11) is 0. The van der Waals surface area contributed by atoms with Crippen LogP contribution in [0, 0.1) is 0 Å². The summed E-state index contributed by atoms with van der Waals surface area (Å²) in [4.78, 5) is 57.8. The van der Waals surface area contributed by atoms with Crippen molar-refractivity contribution in [1.82, 2.24) is 20.1 Å². The minimum Gasteiger partial charge on any atom is -0.481 e. The second kappa shape index (κ2) is 13.0. The minimum atomic E-state index is -1.07. The Balaban J connectivity index is 1.55. The van der Waals surface area contributed by atoms with E-state index in [-0.39, 0.29) is 51.3 Å². The number of carboxylic acids is 1. The molecule has 4 rings (SSSR count). The van der Waals surface area contributed by atoms with Gasteiger partial charge in [0.2, 0.25) is 5.91 Å². The molecule has 2 N–H and O–H groups in total. The van der Waals surface area contributed by atoms with Crippen molar-refractivity contribution in [3.05, 3.63) is 65.0 Å². The number of aromatic nitrogens is 1. The molecule has 10 nitrogen and oxygen atoms in total. The van der Waals surface area contributed by atoms with Crippen molar-refractivity contribution in [3.63, 3.8) is 0 Å². The number of carbonyl (C=O) groups is 4. The first-order valence-corrected chi connectivity index (χ1v) is 13.6. The van der Waals surface area contributed by atoms with Crippen LogP contribution in [-0.4, -0.2) is 82.6 Å². The smallest absolute Gasteiger partial charge is 0.409 e. The number of amides is 3. The second-order valence-corrected chi connectivity index (χ2v) is 9.75.